The SMILES string of the molecule is CC=C(CCO)C(=O)OC1(C)CC=C2CSSC3C=CC(NC)C4CN(C(=O)Cc5cnc(N)cc5C2C12Cc1cc5ccc(=O)oc5cc1O2)C34. The molecule has 52 heavy (non-hydrogen) atoms. The molecule has 3 aromatic rings. The number of nitrogen functional groups attached to an aromatic ring is 1. The number of fused-ring (bicyclic) bond motifs is 6. The van der Waals surface area contributed by atoms with Crippen molar-refractivity contribution in [1.82, 2.24) is 15.2 Å². The van der Waals surface area contributed by atoms with Crippen LogP contribution in [-0.2, 0) is 27.2 Å². The number of ether oxygens (including phenoxy) is 2. The van der Waals surface area contributed by atoms with E-state index in [0.29, 0.717) is 53.8 Å². The minimum absolute atomic E-state index is 0.0265. The minimum atomic E-state index is -1.23. The van der Waals surface area contributed by atoms with Crippen molar-refractivity contribution < 1.29 is 28.6 Å². The molecule has 7 atom stereocenters. The lowest BCUT2D eigenvalue weighted by Gasteiger charge is -2.55. The van der Waals surface area contributed by atoms with E-state index in [9.17, 15) is 19.5 Å². The second-order valence-electron chi connectivity index (χ2n) is 14.5. The summed E-state index contributed by atoms with van der Waals surface area (Å²) in [6.45, 7) is 4.13. The summed E-state index contributed by atoms with van der Waals surface area (Å²) < 4.78 is 19.3. The number of carbonyl (C=O) groups excluding carboxylic acids is 2. The van der Waals surface area contributed by atoms with E-state index in [1.807, 2.05) is 31.0 Å². The van der Waals surface area contributed by atoms with E-state index in [0.717, 1.165) is 27.6 Å². The number of hydrogen-bond donors (Lipinski definition) is 3. The molecule has 7 unspecified atom stereocenters. The molecule has 5 heterocycles. The lowest BCUT2D eigenvalue weighted by atomic mass is 9.61. The first-order chi connectivity index (χ1) is 25.1. The highest BCUT2D eigenvalue weighted by Crippen LogP contribution is 2.59. The van der Waals surface area contributed by atoms with Crippen LogP contribution in [-0.4, -0.2) is 81.4 Å². The highest BCUT2D eigenvalue weighted by molar-refractivity contribution is 8.77. The van der Waals surface area contributed by atoms with Gasteiger partial charge in [0.15, 0.2) is 11.2 Å². The van der Waals surface area contributed by atoms with Gasteiger partial charge in [-0.15, -0.1) is 0 Å². The Bertz CT molecular complexity index is 2120. The minimum Gasteiger partial charge on any atom is -0.481 e. The molecule has 2 aromatic heterocycles. The van der Waals surface area contributed by atoms with Crippen LogP contribution in [0.2, 0.25) is 0 Å². The first kappa shape index (κ1) is 35.0. The summed E-state index contributed by atoms with van der Waals surface area (Å²) in [5, 5.41) is 14.0. The van der Waals surface area contributed by atoms with Gasteiger partial charge in [-0.3, -0.25) is 4.79 Å². The first-order valence-electron chi connectivity index (χ1n) is 17.7. The fourth-order valence-electron chi connectivity index (χ4n) is 8.87. The smallest absolute Gasteiger partial charge is 0.336 e. The molecular weight excluding hydrogens is 701 g/mol. The number of allylic oxidation sites excluding steroid dienone is 1. The van der Waals surface area contributed by atoms with Crippen molar-refractivity contribution >= 4 is 50.3 Å². The lowest BCUT2D eigenvalue weighted by molar-refractivity contribution is -0.183. The Morgan fingerprint density at radius 2 is 2.08 bits per heavy atom. The van der Waals surface area contributed by atoms with Gasteiger partial charge in [0.1, 0.15) is 17.2 Å². The molecule has 1 spiro atoms. The van der Waals surface area contributed by atoms with E-state index in [1.54, 1.807) is 52.9 Å². The van der Waals surface area contributed by atoms with E-state index in [2.05, 4.69) is 28.5 Å². The average Bonchev–Trinajstić information content (AvgIpc) is 3.47. The number of rotatable bonds is 5. The molecule has 2 aliphatic carbocycles. The Hall–Kier alpha value is -4.04. The van der Waals surface area contributed by atoms with Crippen LogP contribution in [0.15, 0.2) is 81.2 Å². The molecule has 5 aliphatic rings. The van der Waals surface area contributed by atoms with Gasteiger partial charge < -0.3 is 34.9 Å². The summed E-state index contributed by atoms with van der Waals surface area (Å²) in [6.07, 6.45) is 11.0. The zero-order valence-corrected chi connectivity index (χ0v) is 30.9. The fraction of sp³-hybridized carbons (Fsp3) is 0.436. The first-order valence-corrected chi connectivity index (χ1v) is 20.1. The molecule has 272 valence electrons. The maximum atomic E-state index is 14.2. The Morgan fingerprint density at radius 1 is 1.23 bits per heavy atom. The van der Waals surface area contributed by atoms with Gasteiger partial charge in [0.2, 0.25) is 5.91 Å². The molecule has 3 aliphatic heterocycles. The topological polar surface area (TPSA) is 157 Å². The molecule has 4 N–H and O–H groups in total. The number of nitrogens with two attached hydrogens (primary N) is 1. The van der Waals surface area contributed by atoms with Crippen molar-refractivity contribution in [2.45, 2.75) is 74.0 Å². The number of pyridine rings is 1. The summed E-state index contributed by atoms with van der Waals surface area (Å²) in [4.78, 5) is 46.8. The van der Waals surface area contributed by atoms with Crippen LogP contribution in [0.4, 0.5) is 5.82 Å². The van der Waals surface area contributed by atoms with Crippen LogP contribution >= 0.6 is 21.6 Å². The molecule has 8 rings (SSSR count). The molecule has 1 amide bonds. The summed E-state index contributed by atoms with van der Waals surface area (Å²) in [5.74, 6) is 0.803. The van der Waals surface area contributed by atoms with E-state index >= 15 is 0 Å². The van der Waals surface area contributed by atoms with E-state index in [-0.39, 0.29) is 42.7 Å². The summed E-state index contributed by atoms with van der Waals surface area (Å²) in [7, 11) is 5.50. The van der Waals surface area contributed by atoms with Gasteiger partial charge in [-0.05, 0) is 55.8 Å². The van der Waals surface area contributed by atoms with Gasteiger partial charge >= 0.3 is 11.6 Å². The van der Waals surface area contributed by atoms with Crippen molar-refractivity contribution in [2.75, 3.05) is 31.7 Å². The molecule has 11 nitrogen and oxygen atoms in total. The number of benzene rings is 1. The van der Waals surface area contributed by atoms with Crippen LogP contribution in [0.5, 0.6) is 5.75 Å². The normalized spacial score (nSPS) is 30.9. The third-order valence-electron chi connectivity index (χ3n) is 11.6. The number of aliphatic hydroxyl groups is 1. The molecular formula is C39H42N4O7S2. The number of aromatic nitrogens is 1. The Kier molecular flexibility index (Phi) is 9.04. The second kappa shape index (κ2) is 13.4. The number of carbonyl (C=O) groups is 2. The van der Waals surface area contributed by atoms with Crippen LogP contribution < -0.4 is 21.4 Å². The summed E-state index contributed by atoms with van der Waals surface area (Å²) in [5.41, 5.74) is 7.79. The van der Waals surface area contributed by atoms with Gasteiger partial charge in [0.05, 0.1) is 23.6 Å². The molecule has 0 radical (unpaired) electrons. The quantitative estimate of drug-likeness (QED) is 0.111. The fourth-order valence-corrected chi connectivity index (χ4v) is 11.8. The van der Waals surface area contributed by atoms with Gasteiger partial charge in [-0.1, -0.05) is 51.5 Å². The largest absolute Gasteiger partial charge is 0.481 e. The second-order valence-corrected chi connectivity index (χ2v) is 17.0. The summed E-state index contributed by atoms with van der Waals surface area (Å²) in [6, 6.07) is 8.97. The van der Waals surface area contributed by atoms with E-state index < -0.39 is 28.7 Å². The van der Waals surface area contributed by atoms with Crippen molar-refractivity contribution in [3.8, 4) is 5.75 Å². The monoisotopic (exact) mass is 742 g/mol. The van der Waals surface area contributed by atoms with Gasteiger partial charge in [0, 0.05) is 79.4 Å². The zero-order valence-electron chi connectivity index (χ0n) is 29.3. The molecule has 1 saturated heterocycles. The number of nitrogens with zero attached hydrogens (tertiary/aromatic N) is 2. The highest BCUT2D eigenvalue weighted by Gasteiger charge is 2.64. The van der Waals surface area contributed by atoms with Crippen LogP contribution in [0.1, 0.15) is 49.3 Å². The number of hydrogen-bond acceptors (Lipinski definition) is 12. The van der Waals surface area contributed by atoms with Crippen LogP contribution in [0.25, 0.3) is 11.0 Å². The molecule has 0 saturated carbocycles. The maximum absolute atomic E-state index is 14.2. The molecule has 13 heteroatoms. The highest BCUT2D eigenvalue weighted by atomic mass is 33.1. The van der Waals surface area contributed by atoms with E-state index in [1.165, 1.54) is 6.07 Å². The van der Waals surface area contributed by atoms with Crippen molar-refractivity contribution in [1.29, 1.82) is 0 Å². The number of esters is 1. The van der Waals surface area contributed by atoms with Gasteiger partial charge in [-0.25, -0.2) is 14.6 Å². The van der Waals surface area contributed by atoms with E-state index in [4.69, 9.17) is 19.6 Å². The standard InChI is InChI=1S/C39H42N4O7S2/c1-4-21(10-12-44)37(47)50-38(2)11-9-23-20-51-52-31-7-6-28(41-3)27-19-43(36(27)31)33(45)14-25-18-42-32(40)15-26(25)35(23)39(38)17-24-13-22-5-8-34(46)48-29(22)16-30(24)49-39/h4-9,13,15-16,18,27-28,31,35-36,41,44H,10-12,14,17,19-20H2,1-3H3,(H2,40,42). The van der Waals surface area contributed by atoms with Gasteiger partial charge in [-0.2, -0.15) is 0 Å². The number of nitrogens with one attached hydrogen (secondary N) is 1. The number of likely N-dealkylation sites (N-methyl/N-ethyl adjacent to an activating group) is 1. The maximum Gasteiger partial charge on any atom is 0.336 e. The molecule has 1 fully saturated rings. The van der Waals surface area contributed by atoms with Crippen LogP contribution in [0.3, 0.4) is 0 Å². The van der Waals surface area contributed by atoms with Crippen molar-refractivity contribution in [2.24, 2.45) is 5.92 Å². The van der Waals surface area contributed by atoms with Crippen molar-refractivity contribution in [3.63, 3.8) is 0 Å². The average molecular weight is 743 g/mol. The van der Waals surface area contributed by atoms with Gasteiger partial charge in [0.25, 0.3) is 0 Å². The number of anilines is 1. The Morgan fingerprint density at radius 3 is 2.87 bits per heavy atom. The Labute approximate surface area is 309 Å². The zero-order chi connectivity index (χ0) is 36.4. The van der Waals surface area contributed by atoms with Crippen molar-refractivity contribution in [3.05, 3.63) is 99.1 Å². The molecule has 1 aromatic carbocycles. The Balaban J connectivity index is 1.29. The lowest BCUT2D eigenvalue weighted by Crippen LogP contribution is -2.68. The predicted octanol–water partition coefficient (Wildman–Crippen LogP) is 4.48. The number of aliphatic hydroxyl groups excluding tert-OH is 1. The predicted molar refractivity (Wildman–Crippen MR) is 202 cm³/mol. The summed E-state index contributed by atoms with van der Waals surface area (Å²) >= 11 is 0. The third kappa shape index (κ3) is 5.67. The number of amides is 1. The van der Waals surface area contributed by atoms with Crippen LogP contribution in [0, 0.1) is 5.92 Å². The molecule has 0 bridgehead atoms. The third-order valence-corrected chi connectivity index (χ3v) is 14.3.